The zero-order chi connectivity index (χ0) is 9.42. The molecule has 0 spiro atoms. The molecule has 13 heavy (non-hydrogen) atoms. The van der Waals surface area contributed by atoms with Gasteiger partial charge in [-0.05, 0) is 18.2 Å². The average molecular weight is 195 g/mol. The van der Waals surface area contributed by atoms with E-state index < -0.39 is 0 Å². The molecule has 0 radical (unpaired) electrons. The Balaban J connectivity index is 2.79. The Morgan fingerprint density at radius 2 is 2.23 bits per heavy atom. The molecule has 0 aliphatic rings. The molecule has 0 aliphatic heterocycles. The van der Waals surface area contributed by atoms with Crippen molar-refractivity contribution in [1.82, 2.24) is 0 Å². The first-order valence-electron chi connectivity index (χ1n) is 3.77. The minimum atomic E-state index is 0.197. The Kier molecular flexibility index (Phi) is 1.77. The maximum Gasteiger partial charge on any atom is 0.215 e. The second-order valence-electron chi connectivity index (χ2n) is 2.70. The van der Waals surface area contributed by atoms with E-state index in [9.17, 15) is 5.11 Å². The van der Waals surface area contributed by atoms with Crippen molar-refractivity contribution in [3.8, 4) is 10.8 Å². The fourth-order valence-electron chi connectivity index (χ4n) is 1.27. The van der Waals surface area contributed by atoms with Gasteiger partial charge >= 0.3 is 0 Å². The van der Waals surface area contributed by atoms with E-state index in [2.05, 4.69) is 0 Å². The van der Waals surface area contributed by atoms with E-state index in [0.29, 0.717) is 11.4 Å². The fraction of sp³-hybridized carbons (Fsp3) is 0.111. The zero-order valence-electron chi connectivity index (χ0n) is 7.07. The van der Waals surface area contributed by atoms with Crippen molar-refractivity contribution in [3.05, 3.63) is 18.2 Å². The third kappa shape index (κ3) is 1.19. The van der Waals surface area contributed by atoms with E-state index in [1.165, 1.54) is 18.4 Å². The third-order valence-corrected chi connectivity index (χ3v) is 2.79. The molecule has 0 amide bonds. The van der Waals surface area contributed by atoms with Gasteiger partial charge in [0.1, 0.15) is 0 Å². The standard InChI is InChI=1S/C9H9NO2S/c1-12-8-6-3-2-5(10)4-7(6)13-9(8)11/h2-4,11H,10H2,1H3. The summed E-state index contributed by atoms with van der Waals surface area (Å²) in [5.41, 5.74) is 6.30. The number of aromatic hydroxyl groups is 1. The quantitative estimate of drug-likeness (QED) is 0.686. The van der Waals surface area contributed by atoms with Crippen molar-refractivity contribution >= 4 is 27.1 Å². The van der Waals surface area contributed by atoms with Gasteiger partial charge in [0.25, 0.3) is 0 Å². The molecule has 2 rings (SSSR count). The summed E-state index contributed by atoms with van der Waals surface area (Å²) in [6, 6.07) is 5.46. The van der Waals surface area contributed by atoms with Crippen LogP contribution in [0, 0.1) is 0 Å². The summed E-state index contributed by atoms with van der Waals surface area (Å²) in [7, 11) is 1.54. The van der Waals surface area contributed by atoms with E-state index in [1.54, 1.807) is 6.07 Å². The first-order valence-corrected chi connectivity index (χ1v) is 4.59. The van der Waals surface area contributed by atoms with Gasteiger partial charge in [-0.2, -0.15) is 0 Å². The van der Waals surface area contributed by atoms with Gasteiger partial charge in [0.2, 0.25) is 5.06 Å². The molecule has 1 aromatic heterocycles. The predicted molar refractivity (Wildman–Crippen MR) is 54.5 cm³/mol. The lowest BCUT2D eigenvalue weighted by Crippen LogP contribution is -1.83. The van der Waals surface area contributed by atoms with Gasteiger partial charge in [0, 0.05) is 15.8 Å². The second-order valence-corrected chi connectivity index (χ2v) is 3.73. The number of nitrogen functional groups attached to an aromatic ring is 1. The van der Waals surface area contributed by atoms with Crippen LogP contribution >= 0.6 is 11.3 Å². The number of fused-ring (bicyclic) bond motifs is 1. The molecular weight excluding hydrogens is 186 g/mol. The van der Waals surface area contributed by atoms with Crippen LogP contribution in [0.25, 0.3) is 10.1 Å². The summed E-state index contributed by atoms with van der Waals surface area (Å²) in [5, 5.41) is 10.6. The number of nitrogens with two attached hydrogens (primary N) is 1. The number of benzene rings is 1. The summed E-state index contributed by atoms with van der Waals surface area (Å²) in [5.74, 6) is 0.528. The van der Waals surface area contributed by atoms with Crippen LogP contribution in [0.4, 0.5) is 5.69 Å². The number of hydrogen-bond acceptors (Lipinski definition) is 4. The molecule has 4 heteroatoms. The highest BCUT2D eigenvalue weighted by Crippen LogP contribution is 2.43. The minimum absolute atomic E-state index is 0.197. The smallest absolute Gasteiger partial charge is 0.215 e. The Morgan fingerprint density at radius 1 is 1.46 bits per heavy atom. The summed E-state index contributed by atoms with van der Waals surface area (Å²) >= 11 is 1.27. The van der Waals surface area contributed by atoms with E-state index in [1.807, 2.05) is 12.1 Å². The Bertz CT molecular complexity index is 450. The molecule has 3 N–H and O–H groups in total. The van der Waals surface area contributed by atoms with Crippen LogP contribution in [-0.4, -0.2) is 12.2 Å². The number of ether oxygens (including phenoxy) is 1. The highest BCUT2D eigenvalue weighted by atomic mass is 32.1. The maximum atomic E-state index is 9.48. The lowest BCUT2D eigenvalue weighted by atomic mass is 10.2. The lowest BCUT2D eigenvalue weighted by molar-refractivity contribution is 0.385. The molecule has 0 saturated carbocycles. The highest BCUT2D eigenvalue weighted by Gasteiger charge is 2.10. The number of anilines is 1. The van der Waals surface area contributed by atoms with Crippen LogP contribution in [0.15, 0.2) is 18.2 Å². The molecule has 1 aromatic carbocycles. The molecular formula is C9H9NO2S. The maximum absolute atomic E-state index is 9.48. The van der Waals surface area contributed by atoms with E-state index in [4.69, 9.17) is 10.5 Å². The Hall–Kier alpha value is -1.42. The summed E-state index contributed by atoms with van der Waals surface area (Å²) < 4.78 is 6.00. The first-order chi connectivity index (χ1) is 6.22. The van der Waals surface area contributed by atoms with Gasteiger partial charge in [-0.3, -0.25) is 0 Å². The van der Waals surface area contributed by atoms with Gasteiger partial charge in [-0.15, -0.1) is 0 Å². The molecule has 1 heterocycles. The second kappa shape index (κ2) is 2.81. The van der Waals surface area contributed by atoms with Crippen molar-refractivity contribution in [2.45, 2.75) is 0 Å². The largest absolute Gasteiger partial charge is 0.497 e. The Labute approximate surface area is 79.4 Å². The third-order valence-electron chi connectivity index (χ3n) is 1.86. The lowest BCUT2D eigenvalue weighted by Gasteiger charge is -1.97. The molecule has 0 saturated heterocycles. The summed E-state index contributed by atoms with van der Waals surface area (Å²) in [6.07, 6.45) is 0. The van der Waals surface area contributed by atoms with Gasteiger partial charge in [0.05, 0.1) is 7.11 Å². The number of hydrogen-bond donors (Lipinski definition) is 2. The number of thiophene rings is 1. The molecule has 0 unspecified atom stereocenters. The Morgan fingerprint density at radius 3 is 2.92 bits per heavy atom. The van der Waals surface area contributed by atoms with Crippen LogP contribution in [0.3, 0.4) is 0 Å². The van der Waals surface area contributed by atoms with Crippen LogP contribution < -0.4 is 10.5 Å². The molecule has 0 atom stereocenters. The minimum Gasteiger partial charge on any atom is -0.497 e. The summed E-state index contributed by atoms with van der Waals surface area (Å²) in [6.45, 7) is 0. The van der Waals surface area contributed by atoms with Crippen LogP contribution in [0.5, 0.6) is 10.8 Å². The number of rotatable bonds is 1. The molecule has 2 aromatic rings. The van der Waals surface area contributed by atoms with Crippen molar-refractivity contribution in [2.75, 3.05) is 12.8 Å². The fourth-order valence-corrected chi connectivity index (χ4v) is 2.23. The topological polar surface area (TPSA) is 55.5 Å². The van der Waals surface area contributed by atoms with E-state index in [0.717, 1.165) is 10.1 Å². The number of methoxy groups -OCH3 is 1. The average Bonchev–Trinajstić information content (AvgIpc) is 2.39. The highest BCUT2D eigenvalue weighted by molar-refractivity contribution is 7.21. The molecule has 0 bridgehead atoms. The van der Waals surface area contributed by atoms with Gasteiger partial charge < -0.3 is 15.6 Å². The van der Waals surface area contributed by atoms with Gasteiger partial charge in [0.15, 0.2) is 5.75 Å². The van der Waals surface area contributed by atoms with Crippen LogP contribution in [-0.2, 0) is 0 Å². The molecule has 3 nitrogen and oxygen atoms in total. The summed E-state index contributed by atoms with van der Waals surface area (Å²) in [4.78, 5) is 0. The van der Waals surface area contributed by atoms with Crippen molar-refractivity contribution in [1.29, 1.82) is 0 Å². The van der Waals surface area contributed by atoms with Gasteiger partial charge in [-0.25, -0.2) is 0 Å². The van der Waals surface area contributed by atoms with Crippen LogP contribution in [0.2, 0.25) is 0 Å². The molecule has 0 aliphatic carbocycles. The molecule has 0 fully saturated rings. The zero-order valence-corrected chi connectivity index (χ0v) is 7.89. The SMILES string of the molecule is COc1c(O)sc2cc(N)ccc12. The van der Waals surface area contributed by atoms with Crippen molar-refractivity contribution in [2.24, 2.45) is 0 Å². The first kappa shape index (κ1) is 8.19. The normalized spacial score (nSPS) is 10.5. The monoisotopic (exact) mass is 195 g/mol. The van der Waals surface area contributed by atoms with Crippen molar-refractivity contribution in [3.63, 3.8) is 0 Å². The molecule has 68 valence electrons. The van der Waals surface area contributed by atoms with Gasteiger partial charge in [-0.1, -0.05) is 11.3 Å². The van der Waals surface area contributed by atoms with E-state index in [-0.39, 0.29) is 5.06 Å². The predicted octanol–water partition coefficient (Wildman–Crippen LogP) is 2.20. The van der Waals surface area contributed by atoms with Crippen LogP contribution in [0.1, 0.15) is 0 Å². The van der Waals surface area contributed by atoms with Crippen molar-refractivity contribution < 1.29 is 9.84 Å². The van der Waals surface area contributed by atoms with E-state index >= 15 is 0 Å².